The maximum absolute atomic E-state index is 4.49. The lowest BCUT2D eigenvalue weighted by Gasteiger charge is -2.38. The average Bonchev–Trinajstić information content (AvgIpc) is 3.10. The van der Waals surface area contributed by atoms with Gasteiger partial charge in [-0.25, -0.2) is 0 Å². The monoisotopic (exact) mass is 258 g/mol. The topological polar surface area (TPSA) is 0 Å². The van der Waals surface area contributed by atoms with Crippen molar-refractivity contribution in [2.75, 3.05) is 0 Å². The molecule has 20 heavy (non-hydrogen) atoms. The molecule has 0 saturated heterocycles. The van der Waals surface area contributed by atoms with Crippen molar-refractivity contribution in [1.82, 2.24) is 0 Å². The van der Waals surface area contributed by atoms with Crippen LogP contribution < -0.4 is 0 Å². The first-order chi connectivity index (χ1) is 9.83. The van der Waals surface area contributed by atoms with Gasteiger partial charge in [-0.1, -0.05) is 85.0 Å². The van der Waals surface area contributed by atoms with Gasteiger partial charge >= 0.3 is 0 Å². The van der Waals surface area contributed by atoms with Crippen molar-refractivity contribution in [3.63, 3.8) is 0 Å². The van der Waals surface area contributed by atoms with Crippen LogP contribution in [0.15, 0.2) is 85.0 Å². The largest absolute Gasteiger partial charge is 0.0980 e. The van der Waals surface area contributed by atoms with E-state index >= 15 is 0 Å². The van der Waals surface area contributed by atoms with Crippen molar-refractivity contribution in [3.8, 4) is 0 Å². The molecule has 2 aliphatic carbocycles. The highest BCUT2D eigenvalue weighted by atomic mass is 14.5. The van der Waals surface area contributed by atoms with Crippen molar-refractivity contribution >= 4 is 0 Å². The minimum absolute atomic E-state index is 0.0259. The zero-order valence-corrected chi connectivity index (χ0v) is 11.5. The molecule has 0 unspecified atom stereocenters. The van der Waals surface area contributed by atoms with Gasteiger partial charge in [0.05, 0.1) is 0 Å². The first-order valence-corrected chi connectivity index (χ1v) is 7.32. The minimum atomic E-state index is -0.0259. The van der Waals surface area contributed by atoms with Crippen LogP contribution in [0.2, 0.25) is 0 Å². The Morgan fingerprint density at radius 1 is 0.800 bits per heavy atom. The van der Waals surface area contributed by atoms with Crippen LogP contribution >= 0.6 is 0 Å². The second kappa shape index (κ2) is 4.21. The zero-order valence-electron chi connectivity index (χ0n) is 11.5. The van der Waals surface area contributed by atoms with Gasteiger partial charge in [0.1, 0.15) is 0 Å². The summed E-state index contributed by atoms with van der Waals surface area (Å²) in [6.45, 7) is 4.49. The van der Waals surface area contributed by atoms with Crippen molar-refractivity contribution in [2.24, 2.45) is 11.8 Å². The highest BCUT2D eigenvalue weighted by molar-refractivity contribution is 5.56. The van der Waals surface area contributed by atoms with Crippen LogP contribution in [0, 0.1) is 11.8 Å². The highest BCUT2D eigenvalue weighted by Gasteiger charge is 2.53. The maximum atomic E-state index is 4.49. The third-order valence-corrected chi connectivity index (χ3v) is 5.05. The Balaban J connectivity index is 2.00. The van der Waals surface area contributed by atoms with Crippen LogP contribution in [0.5, 0.6) is 0 Å². The minimum Gasteiger partial charge on any atom is -0.0980 e. The summed E-state index contributed by atoms with van der Waals surface area (Å²) in [6, 6.07) is 21.8. The van der Waals surface area contributed by atoms with E-state index in [-0.39, 0.29) is 5.41 Å². The lowest BCUT2D eigenvalue weighted by Crippen LogP contribution is -2.34. The normalized spacial score (nSPS) is 26.1. The molecule has 0 aliphatic heterocycles. The van der Waals surface area contributed by atoms with Crippen LogP contribution in [-0.4, -0.2) is 0 Å². The van der Waals surface area contributed by atoms with Gasteiger partial charge in [0.15, 0.2) is 0 Å². The third-order valence-electron chi connectivity index (χ3n) is 5.05. The number of rotatable bonds is 2. The summed E-state index contributed by atoms with van der Waals surface area (Å²) in [7, 11) is 0. The van der Waals surface area contributed by atoms with Crippen molar-refractivity contribution in [3.05, 3.63) is 96.1 Å². The molecule has 0 N–H and O–H groups in total. The predicted octanol–water partition coefficient (Wildman–Crippen LogP) is 4.73. The van der Waals surface area contributed by atoms with E-state index in [1.807, 2.05) is 0 Å². The molecule has 2 atom stereocenters. The molecular weight excluding hydrogens is 240 g/mol. The first-order valence-electron chi connectivity index (χ1n) is 7.32. The fraction of sp³-hybridized carbons (Fsp3) is 0.200. The summed E-state index contributed by atoms with van der Waals surface area (Å²) in [5.74, 6) is 1.09. The maximum Gasteiger partial charge on any atom is 0.0477 e. The van der Waals surface area contributed by atoms with Crippen molar-refractivity contribution in [1.29, 1.82) is 0 Å². The molecule has 2 aromatic rings. The third kappa shape index (κ3) is 1.37. The molecule has 0 radical (unpaired) electrons. The zero-order chi connectivity index (χ0) is 13.6. The Hall–Kier alpha value is -2.08. The fourth-order valence-electron chi connectivity index (χ4n) is 4.18. The smallest absolute Gasteiger partial charge is 0.0477 e. The molecule has 4 rings (SSSR count). The summed E-state index contributed by atoms with van der Waals surface area (Å²) in [6.07, 6.45) is 5.96. The molecule has 2 aliphatic rings. The van der Waals surface area contributed by atoms with Gasteiger partial charge in [0.2, 0.25) is 0 Å². The Morgan fingerprint density at radius 3 is 1.80 bits per heavy atom. The van der Waals surface area contributed by atoms with E-state index in [0.29, 0.717) is 11.8 Å². The van der Waals surface area contributed by atoms with E-state index in [4.69, 9.17) is 0 Å². The molecule has 0 aromatic heterocycles. The summed E-state index contributed by atoms with van der Waals surface area (Å²) < 4.78 is 0. The first kappa shape index (κ1) is 11.7. The van der Waals surface area contributed by atoms with Gasteiger partial charge in [-0.2, -0.15) is 0 Å². The van der Waals surface area contributed by atoms with E-state index in [2.05, 4.69) is 79.4 Å². The quantitative estimate of drug-likeness (QED) is 0.683. The van der Waals surface area contributed by atoms with Gasteiger partial charge in [-0.15, -0.1) is 0 Å². The molecule has 0 amide bonds. The van der Waals surface area contributed by atoms with E-state index in [0.717, 1.165) is 0 Å². The molecule has 0 heterocycles. The van der Waals surface area contributed by atoms with Crippen LogP contribution in [0.25, 0.3) is 0 Å². The van der Waals surface area contributed by atoms with Crippen molar-refractivity contribution < 1.29 is 0 Å². The van der Waals surface area contributed by atoms with Gasteiger partial charge in [0.25, 0.3) is 0 Å². The number of hydrogen-bond acceptors (Lipinski definition) is 0. The van der Waals surface area contributed by atoms with E-state index in [9.17, 15) is 0 Å². The van der Waals surface area contributed by atoms with Crippen LogP contribution in [0.3, 0.4) is 0 Å². The number of allylic oxidation sites excluding steroid dienone is 3. The van der Waals surface area contributed by atoms with Gasteiger partial charge in [-0.3, -0.25) is 0 Å². The van der Waals surface area contributed by atoms with Gasteiger partial charge in [0, 0.05) is 5.41 Å². The molecule has 0 nitrogen and oxygen atoms in total. The second-order valence-corrected chi connectivity index (χ2v) is 5.90. The SMILES string of the molecule is C=C1[C@@H]2C=C[C@@H](C2)C1(c1ccccc1)c1ccccc1. The molecule has 2 aromatic carbocycles. The lowest BCUT2D eigenvalue weighted by molar-refractivity contribution is 0.500. The van der Waals surface area contributed by atoms with Crippen LogP contribution in [-0.2, 0) is 5.41 Å². The number of benzene rings is 2. The summed E-state index contributed by atoms with van der Waals surface area (Å²) in [4.78, 5) is 0. The van der Waals surface area contributed by atoms with Crippen LogP contribution in [0.4, 0.5) is 0 Å². The van der Waals surface area contributed by atoms with Crippen LogP contribution in [0.1, 0.15) is 17.5 Å². The fourth-order valence-corrected chi connectivity index (χ4v) is 4.18. The molecule has 0 heteroatoms. The molecule has 2 bridgehead atoms. The Labute approximate surface area is 120 Å². The molecular formula is C20H18. The summed E-state index contributed by atoms with van der Waals surface area (Å²) >= 11 is 0. The summed E-state index contributed by atoms with van der Waals surface area (Å²) in [5, 5.41) is 0. The number of fused-ring (bicyclic) bond motifs is 2. The summed E-state index contributed by atoms with van der Waals surface area (Å²) in [5.41, 5.74) is 4.10. The number of hydrogen-bond donors (Lipinski definition) is 0. The molecule has 0 spiro atoms. The standard InChI is InChI=1S/C20H18/c1-15-16-12-13-19(14-16)20(15,17-8-4-2-5-9-17)18-10-6-3-7-11-18/h2-13,16,19H,1,14H2/t16-,19+/m1/s1. The van der Waals surface area contributed by atoms with E-state index < -0.39 is 0 Å². The molecule has 1 saturated carbocycles. The highest BCUT2D eigenvalue weighted by Crippen LogP contribution is 2.59. The second-order valence-electron chi connectivity index (χ2n) is 5.90. The Morgan fingerprint density at radius 2 is 1.35 bits per heavy atom. The van der Waals surface area contributed by atoms with Crippen molar-refractivity contribution in [2.45, 2.75) is 11.8 Å². The Kier molecular flexibility index (Phi) is 2.47. The lowest BCUT2D eigenvalue weighted by atomic mass is 9.64. The molecule has 98 valence electrons. The molecule has 1 fully saturated rings. The predicted molar refractivity (Wildman–Crippen MR) is 83.5 cm³/mol. The van der Waals surface area contributed by atoms with E-state index in [1.165, 1.54) is 23.1 Å². The van der Waals surface area contributed by atoms with Gasteiger partial charge in [-0.05, 0) is 29.4 Å². The average molecular weight is 258 g/mol. The van der Waals surface area contributed by atoms with Gasteiger partial charge < -0.3 is 0 Å². The van der Waals surface area contributed by atoms with E-state index in [1.54, 1.807) is 0 Å². The Bertz CT molecular complexity index is 624.